The van der Waals surface area contributed by atoms with Gasteiger partial charge in [0.2, 0.25) is 0 Å². The van der Waals surface area contributed by atoms with Crippen LogP contribution in [0.15, 0.2) is 27.6 Å². The van der Waals surface area contributed by atoms with Gasteiger partial charge < -0.3 is 14.4 Å². The summed E-state index contributed by atoms with van der Waals surface area (Å²) in [6.07, 6.45) is 1.56. The Balaban J connectivity index is 1.99. The summed E-state index contributed by atoms with van der Waals surface area (Å²) in [6.45, 7) is 1.78. The van der Waals surface area contributed by atoms with Crippen LogP contribution in [-0.2, 0) is 7.05 Å². The third-order valence-corrected chi connectivity index (χ3v) is 3.37. The number of nitrogens with zero attached hydrogens (tertiary/aromatic N) is 3. The van der Waals surface area contributed by atoms with Gasteiger partial charge in [0.25, 0.3) is 0 Å². The van der Waals surface area contributed by atoms with Crippen molar-refractivity contribution in [1.29, 1.82) is 0 Å². The Morgan fingerprint density at radius 3 is 2.80 bits per heavy atom. The fraction of sp³-hybridized carbons (Fsp3) is 0.154. The third kappa shape index (κ3) is 1.43. The maximum absolute atomic E-state index is 11.6. The summed E-state index contributed by atoms with van der Waals surface area (Å²) in [6, 6.07) is 3.74. The van der Waals surface area contributed by atoms with Crippen molar-refractivity contribution in [2.75, 3.05) is 0 Å². The lowest BCUT2D eigenvalue weighted by Crippen LogP contribution is -2.11. The minimum absolute atomic E-state index is 0.139. The Hall–Kier alpha value is -2.83. The molecule has 0 saturated carbocycles. The van der Waals surface area contributed by atoms with Crippen molar-refractivity contribution in [3.8, 4) is 11.5 Å². The van der Waals surface area contributed by atoms with E-state index in [1.165, 1.54) is 0 Å². The molecule has 7 nitrogen and oxygen atoms in total. The van der Waals surface area contributed by atoms with E-state index in [0.717, 1.165) is 22.1 Å². The van der Waals surface area contributed by atoms with Crippen molar-refractivity contribution >= 4 is 22.1 Å². The molecule has 100 valence electrons. The van der Waals surface area contributed by atoms with E-state index in [1.807, 2.05) is 12.1 Å². The van der Waals surface area contributed by atoms with E-state index in [-0.39, 0.29) is 5.69 Å². The molecule has 2 N–H and O–H groups in total. The monoisotopic (exact) mass is 269 g/mol. The Morgan fingerprint density at radius 2 is 2.05 bits per heavy atom. The summed E-state index contributed by atoms with van der Waals surface area (Å²) in [5.74, 6) is 1.24. The number of aromatic amines is 2. The van der Waals surface area contributed by atoms with Crippen molar-refractivity contribution in [3.05, 3.63) is 34.8 Å². The lowest BCUT2D eigenvalue weighted by atomic mass is 10.3. The van der Waals surface area contributed by atoms with Gasteiger partial charge in [-0.3, -0.25) is 4.57 Å². The van der Waals surface area contributed by atoms with Crippen molar-refractivity contribution in [3.63, 3.8) is 0 Å². The van der Waals surface area contributed by atoms with E-state index >= 15 is 0 Å². The van der Waals surface area contributed by atoms with E-state index in [9.17, 15) is 4.79 Å². The SMILES string of the molecule is Cc1nc(-c2nc3cc4c(cc3[nH]2)[nH]c(=O)n4C)co1. The molecule has 0 amide bonds. The average molecular weight is 269 g/mol. The Morgan fingerprint density at radius 1 is 1.20 bits per heavy atom. The largest absolute Gasteiger partial charge is 0.449 e. The second kappa shape index (κ2) is 3.60. The fourth-order valence-corrected chi connectivity index (χ4v) is 2.33. The lowest BCUT2D eigenvalue weighted by Gasteiger charge is -1.92. The number of fused-ring (bicyclic) bond motifs is 2. The Bertz CT molecular complexity index is 1000. The molecule has 0 saturated heterocycles. The van der Waals surface area contributed by atoms with Crippen LogP contribution in [-0.4, -0.2) is 24.5 Å². The molecule has 0 aliphatic carbocycles. The summed E-state index contributed by atoms with van der Waals surface area (Å²) >= 11 is 0. The summed E-state index contributed by atoms with van der Waals surface area (Å²) in [4.78, 5) is 26.3. The molecule has 0 spiro atoms. The van der Waals surface area contributed by atoms with Gasteiger partial charge in [-0.25, -0.2) is 14.8 Å². The van der Waals surface area contributed by atoms with Gasteiger partial charge in [0.05, 0.1) is 22.1 Å². The minimum atomic E-state index is -0.139. The van der Waals surface area contributed by atoms with Gasteiger partial charge in [-0.15, -0.1) is 0 Å². The zero-order valence-corrected chi connectivity index (χ0v) is 10.9. The van der Waals surface area contributed by atoms with E-state index in [0.29, 0.717) is 17.4 Å². The molecule has 0 fully saturated rings. The van der Waals surface area contributed by atoms with Crippen LogP contribution in [0.5, 0.6) is 0 Å². The molecule has 0 aliphatic heterocycles. The summed E-state index contributed by atoms with van der Waals surface area (Å²) < 4.78 is 6.75. The molecular weight excluding hydrogens is 258 g/mol. The number of hydrogen-bond donors (Lipinski definition) is 2. The molecule has 4 rings (SSSR count). The summed E-state index contributed by atoms with van der Waals surface area (Å²) in [5, 5.41) is 0. The Kier molecular flexibility index (Phi) is 1.98. The predicted octanol–water partition coefficient (Wildman–Crippen LogP) is 1.71. The normalized spacial score (nSPS) is 11.7. The smallest absolute Gasteiger partial charge is 0.326 e. The van der Waals surface area contributed by atoms with Crippen LogP contribution in [0.3, 0.4) is 0 Å². The number of imidazole rings is 2. The van der Waals surface area contributed by atoms with Crippen LogP contribution in [0.4, 0.5) is 0 Å². The molecule has 1 aromatic carbocycles. The molecule has 0 atom stereocenters. The molecule has 0 unspecified atom stereocenters. The molecule has 4 aromatic rings. The third-order valence-electron chi connectivity index (χ3n) is 3.37. The number of nitrogens with one attached hydrogen (secondary N) is 2. The number of aryl methyl sites for hydroxylation is 2. The maximum Gasteiger partial charge on any atom is 0.326 e. The van der Waals surface area contributed by atoms with Crippen LogP contribution < -0.4 is 5.69 Å². The van der Waals surface area contributed by atoms with Crippen molar-refractivity contribution in [1.82, 2.24) is 24.5 Å². The van der Waals surface area contributed by atoms with Crippen molar-refractivity contribution in [2.45, 2.75) is 6.92 Å². The number of benzene rings is 1. The second-order valence-electron chi connectivity index (χ2n) is 4.71. The molecule has 3 heterocycles. The van der Waals surface area contributed by atoms with Crippen LogP contribution in [0.25, 0.3) is 33.6 Å². The average Bonchev–Trinajstić information content (AvgIpc) is 3.07. The first-order valence-corrected chi connectivity index (χ1v) is 6.13. The highest BCUT2D eigenvalue weighted by molar-refractivity contribution is 5.92. The van der Waals surface area contributed by atoms with Crippen LogP contribution in [0, 0.1) is 6.92 Å². The highest BCUT2D eigenvalue weighted by atomic mass is 16.3. The maximum atomic E-state index is 11.6. The number of oxazole rings is 1. The van der Waals surface area contributed by atoms with Gasteiger partial charge in [-0.1, -0.05) is 0 Å². The van der Waals surface area contributed by atoms with Gasteiger partial charge in [-0.2, -0.15) is 0 Å². The molecule has 0 bridgehead atoms. The quantitative estimate of drug-likeness (QED) is 0.550. The first kappa shape index (κ1) is 11.0. The molecule has 3 aromatic heterocycles. The summed E-state index contributed by atoms with van der Waals surface area (Å²) in [5.41, 5.74) is 3.74. The Labute approximate surface area is 112 Å². The summed E-state index contributed by atoms with van der Waals surface area (Å²) in [7, 11) is 1.72. The van der Waals surface area contributed by atoms with Crippen molar-refractivity contribution in [2.24, 2.45) is 7.05 Å². The van der Waals surface area contributed by atoms with E-state index < -0.39 is 0 Å². The first-order valence-electron chi connectivity index (χ1n) is 6.13. The van der Waals surface area contributed by atoms with Gasteiger partial charge in [0, 0.05) is 14.0 Å². The first-order chi connectivity index (χ1) is 9.61. The van der Waals surface area contributed by atoms with Crippen LogP contribution in [0.2, 0.25) is 0 Å². The second-order valence-corrected chi connectivity index (χ2v) is 4.71. The highest BCUT2D eigenvalue weighted by Crippen LogP contribution is 2.23. The van der Waals surface area contributed by atoms with Gasteiger partial charge in [-0.05, 0) is 12.1 Å². The van der Waals surface area contributed by atoms with Gasteiger partial charge in [0.1, 0.15) is 12.0 Å². The highest BCUT2D eigenvalue weighted by Gasteiger charge is 2.12. The van der Waals surface area contributed by atoms with Crippen molar-refractivity contribution < 1.29 is 4.42 Å². The number of aromatic nitrogens is 5. The van der Waals surface area contributed by atoms with E-state index in [2.05, 4.69) is 19.9 Å². The molecule has 0 radical (unpaired) electrons. The minimum Gasteiger partial charge on any atom is -0.449 e. The zero-order chi connectivity index (χ0) is 13.9. The molecule has 7 heteroatoms. The lowest BCUT2D eigenvalue weighted by molar-refractivity contribution is 0.521. The topological polar surface area (TPSA) is 92.5 Å². The molecular formula is C13H11N5O2. The molecule has 0 aliphatic rings. The van der Waals surface area contributed by atoms with Crippen LogP contribution >= 0.6 is 0 Å². The fourth-order valence-electron chi connectivity index (χ4n) is 2.33. The number of H-pyrrole nitrogens is 2. The standard InChI is InChI=1S/C13H11N5O2/c1-6-14-10(5-20-6)12-15-7-3-9-11(4-8(7)16-12)18(2)13(19)17-9/h3-5H,1-2H3,(H,15,16)(H,17,19). The molecule has 20 heavy (non-hydrogen) atoms. The van der Waals surface area contributed by atoms with E-state index in [1.54, 1.807) is 24.8 Å². The van der Waals surface area contributed by atoms with Crippen LogP contribution in [0.1, 0.15) is 5.89 Å². The van der Waals surface area contributed by atoms with Gasteiger partial charge in [0.15, 0.2) is 11.7 Å². The predicted molar refractivity (Wildman–Crippen MR) is 73.4 cm³/mol. The van der Waals surface area contributed by atoms with E-state index in [4.69, 9.17) is 4.42 Å². The number of hydrogen-bond acceptors (Lipinski definition) is 4. The number of rotatable bonds is 1. The zero-order valence-electron chi connectivity index (χ0n) is 10.9. The van der Waals surface area contributed by atoms with Gasteiger partial charge >= 0.3 is 5.69 Å².